The van der Waals surface area contributed by atoms with Crippen molar-refractivity contribution >= 4 is 23.2 Å². The van der Waals surface area contributed by atoms with E-state index in [9.17, 15) is 14.4 Å². The topological polar surface area (TPSA) is 100 Å². The largest absolute Gasteiger partial charge is 0.382 e. The van der Waals surface area contributed by atoms with E-state index >= 15 is 0 Å². The normalized spacial score (nSPS) is 18.4. The van der Waals surface area contributed by atoms with Gasteiger partial charge in [-0.15, -0.1) is 0 Å². The minimum atomic E-state index is -0.265. The van der Waals surface area contributed by atoms with E-state index in [2.05, 4.69) is 20.4 Å². The first-order valence-electron chi connectivity index (χ1n) is 12.6. The number of rotatable bonds is 8. The SMILES string of the molecule is O=C(NCCN1CCOCC1)c1ccc2c(c1NCCN1CCOCC1)C(=O)c1ccccc1C2=O. The molecule has 2 aliphatic heterocycles. The summed E-state index contributed by atoms with van der Waals surface area (Å²) in [6.45, 7) is 8.66. The van der Waals surface area contributed by atoms with Crippen molar-refractivity contribution < 1.29 is 23.9 Å². The molecule has 190 valence electrons. The zero-order valence-electron chi connectivity index (χ0n) is 20.4. The van der Waals surface area contributed by atoms with Gasteiger partial charge in [0.05, 0.1) is 43.2 Å². The predicted molar refractivity (Wildman–Crippen MR) is 135 cm³/mol. The molecule has 2 aromatic rings. The van der Waals surface area contributed by atoms with Crippen LogP contribution >= 0.6 is 0 Å². The van der Waals surface area contributed by atoms with Gasteiger partial charge in [0, 0.05) is 69.0 Å². The monoisotopic (exact) mass is 492 g/mol. The number of nitrogens with zero attached hydrogens (tertiary/aromatic N) is 2. The first-order chi connectivity index (χ1) is 17.6. The van der Waals surface area contributed by atoms with E-state index in [-0.39, 0.29) is 23.0 Å². The van der Waals surface area contributed by atoms with Crippen molar-refractivity contribution in [3.63, 3.8) is 0 Å². The number of morpholine rings is 2. The lowest BCUT2D eigenvalue weighted by molar-refractivity contribution is 0.0383. The van der Waals surface area contributed by atoms with E-state index in [4.69, 9.17) is 9.47 Å². The fourth-order valence-electron chi connectivity index (χ4n) is 4.97. The molecule has 1 amide bonds. The first kappa shape index (κ1) is 24.6. The second kappa shape index (κ2) is 11.3. The number of hydrogen-bond donors (Lipinski definition) is 2. The van der Waals surface area contributed by atoms with Crippen LogP contribution in [0.2, 0.25) is 0 Å². The molecule has 0 unspecified atom stereocenters. The van der Waals surface area contributed by atoms with E-state index < -0.39 is 0 Å². The van der Waals surface area contributed by atoms with Crippen LogP contribution in [0.25, 0.3) is 0 Å². The first-order valence-corrected chi connectivity index (χ1v) is 12.6. The Morgan fingerprint density at radius 1 is 0.750 bits per heavy atom. The van der Waals surface area contributed by atoms with Crippen LogP contribution < -0.4 is 10.6 Å². The van der Waals surface area contributed by atoms with Crippen LogP contribution in [-0.2, 0) is 9.47 Å². The summed E-state index contributed by atoms with van der Waals surface area (Å²) in [7, 11) is 0. The molecule has 0 aromatic heterocycles. The summed E-state index contributed by atoms with van der Waals surface area (Å²) in [6.07, 6.45) is 0. The van der Waals surface area contributed by atoms with Crippen LogP contribution in [0.15, 0.2) is 36.4 Å². The Kier molecular flexibility index (Phi) is 7.72. The van der Waals surface area contributed by atoms with Gasteiger partial charge >= 0.3 is 0 Å². The third-order valence-electron chi connectivity index (χ3n) is 6.99. The lowest BCUT2D eigenvalue weighted by Crippen LogP contribution is -2.41. The van der Waals surface area contributed by atoms with Gasteiger partial charge in [0.1, 0.15) is 0 Å². The number of ketones is 2. The van der Waals surface area contributed by atoms with Gasteiger partial charge in [-0.3, -0.25) is 24.2 Å². The number of amides is 1. The van der Waals surface area contributed by atoms with Crippen molar-refractivity contribution in [2.75, 3.05) is 84.1 Å². The smallest absolute Gasteiger partial charge is 0.253 e. The molecule has 2 saturated heterocycles. The molecule has 2 fully saturated rings. The van der Waals surface area contributed by atoms with Crippen molar-refractivity contribution in [3.05, 3.63) is 64.2 Å². The van der Waals surface area contributed by atoms with Crippen molar-refractivity contribution in [1.82, 2.24) is 15.1 Å². The lowest BCUT2D eigenvalue weighted by atomic mass is 9.82. The van der Waals surface area contributed by atoms with Crippen LogP contribution in [0.4, 0.5) is 5.69 Å². The highest BCUT2D eigenvalue weighted by molar-refractivity contribution is 6.31. The van der Waals surface area contributed by atoms with Gasteiger partial charge < -0.3 is 20.1 Å². The average molecular weight is 493 g/mol. The molecule has 0 atom stereocenters. The molecule has 0 bridgehead atoms. The number of carbonyl (C=O) groups is 3. The van der Waals surface area contributed by atoms with E-state index in [0.717, 1.165) is 39.3 Å². The molecule has 2 aromatic carbocycles. The van der Waals surface area contributed by atoms with Crippen molar-refractivity contribution in [2.45, 2.75) is 0 Å². The number of fused-ring (bicyclic) bond motifs is 2. The summed E-state index contributed by atoms with van der Waals surface area (Å²) in [5.74, 6) is -0.702. The standard InChI is InChI=1S/C27H32N4O5/c32-25-19-3-1-2-4-20(19)26(33)23-21(25)5-6-22(24(23)28-7-9-30-11-15-35-16-12-30)27(34)29-8-10-31-13-17-36-18-14-31/h1-6,28H,7-18H2,(H,29,34). The maximum atomic E-state index is 13.6. The Morgan fingerprint density at radius 2 is 1.33 bits per heavy atom. The van der Waals surface area contributed by atoms with Gasteiger partial charge in [-0.2, -0.15) is 0 Å². The number of anilines is 1. The number of hydrogen-bond acceptors (Lipinski definition) is 8. The fourth-order valence-corrected chi connectivity index (χ4v) is 4.97. The zero-order chi connectivity index (χ0) is 24.9. The molecule has 36 heavy (non-hydrogen) atoms. The summed E-state index contributed by atoms with van der Waals surface area (Å²) in [5, 5.41) is 6.34. The van der Waals surface area contributed by atoms with Crippen LogP contribution in [0.1, 0.15) is 42.2 Å². The fraction of sp³-hybridized carbons (Fsp3) is 0.444. The van der Waals surface area contributed by atoms with Crippen LogP contribution in [0.5, 0.6) is 0 Å². The minimum absolute atomic E-state index is 0.198. The summed E-state index contributed by atoms with van der Waals surface area (Å²) >= 11 is 0. The van der Waals surface area contributed by atoms with Crippen LogP contribution in [-0.4, -0.2) is 106 Å². The molecular formula is C27H32N4O5. The molecule has 0 radical (unpaired) electrons. The molecular weight excluding hydrogens is 460 g/mol. The highest BCUT2D eigenvalue weighted by atomic mass is 16.5. The van der Waals surface area contributed by atoms with Gasteiger partial charge in [0.15, 0.2) is 11.6 Å². The second-order valence-corrected chi connectivity index (χ2v) is 9.21. The number of ether oxygens (including phenoxy) is 2. The van der Waals surface area contributed by atoms with Gasteiger partial charge in [-0.1, -0.05) is 24.3 Å². The summed E-state index contributed by atoms with van der Waals surface area (Å²) in [4.78, 5) is 44.6. The van der Waals surface area contributed by atoms with Crippen molar-refractivity contribution in [1.29, 1.82) is 0 Å². The highest BCUT2D eigenvalue weighted by Crippen LogP contribution is 2.34. The van der Waals surface area contributed by atoms with E-state index in [1.54, 1.807) is 36.4 Å². The molecule has 9 nitrogen and oxygen atoms in total. The summed E-state index contributed by atoms with van der Waals surface area (Å²) in [6, 6.07) is 10.1. The number of nitrogens with one attached hydrogen (secondary N) is 2. The van der Waals surface area contributed by atoms with Gasteiger partial charge in [-0.05, 0) is 12.1 Å². The van der Waals surface area contributed by atoms with Gasteiger partial charge in [0.25, 0.3) is 5.91 Å². The summed E-state index contributed by atoms with van der Waals surface area (Å²) in [5.41, 5.74) is 2.18. The second-order valence-electron chi connectivity index (χ2n) is 9.21. The lowest BCUT2D eigenvalue weighted by Gasteiger charge is -2.28. The quantitative estimate of drug-likeness (QED) is 0.485. The Morgan fingerprint density at radius 3 is 1.97 bits per heavy atom. The van der Waals surface area contributed by atoms with Crippen LogP contribution in [0, 0.1) is 0 Å². The average Bonchev–Trinajstić information content (AvgIpc) is 2.92. The maximum Gasteiger partial charge on any atom is 0.253 e. The summed E-state index contributed by atoms with van der Waals surface area (Å²) < 4.78 is 10.8. The molecule has 0 spiro atoms. The molecule has 9 heteroatoms. The highest BCUT2D eigenvalue weighted by Gasteiger charge is 2.33. The van der Waals surface area contributed by atoms with Gasteiger partial charge in [0.2, 0.25) is 0 Å². The Labute approximate surface area is 210 Å². The Hall–Kier alpha value is -3.11. The molecule has 1 aliphatic carbocycles. The van der Waals surface area contributed by atoms with E-state index in [1.807, 2.05) is 0 Å². The number of benzene rings is 2. The van der Waals surface area contributed by atoms with Crippen molar-refractivity contribution in [3.8, 4) is 0 Å². The van der Waals surface area contributed by atoms with E-state index in [1.165, 1.54) is 0 Å². The van der Waals surface area contributed by atoms with Gasteiger partial charge in [-0.25, -0.2) is 0 Å². The van der Waals surface area contributed by atoms with Crippen molar-refractivity contribution in [2.24, 2.45) is 0 Å². The number of carbonyl (C=O) groups excluding carboxylic acids is 3. The third-order valence-corrected chi connectivity index (χ3v) is 6.99. The predicted octanol–water partition coefficient (Wildman–Crippen LogP) is 1.27. The molecule has 2 heterocycles. The Bertz CT molecular complexity index is 1140. The van der Waals surface area contributed by atoms with Crippen LogP contribution in [0.3, 0.4) is 0 Å². The molecule has 0 saturated carbocycles. The molecule has 2 N–H and O–H groups in total. The molecule has 5 rings (SSSR count). The minimum Gasteiger partial charge on any atom is -0.382 e. The zero-order valence-corrected chi connectivity index (χ0v) is 20.4. The van der Waals surface area contributed by atoms with E-state index in [0.29, 0.717) is 67.5 Å². The third kappa shape index (κ3) is 5.19. The maximum absolute atomic E-state index is 13.6. The molecule has 3 aliphatic rings. The Balaban J connectivity index is 1.39.